The Labute approximate surface area is 162 Å². The fourth-order valence-corrected chi connectivity index (χ4v) is 3.72. The standard InChI is InChI=1S/C17H15FN4O3S2/c1-2-26-17-21-20-16(27-17)19-14(23)13-4-3-9-22(15(13)24)25-10-11-5-7-12(18)8-6-11/h3-9H,2,10H2,1H3,(H,19,20,23). The van der Waals surface area contributed by atoms with E-state index >= 15 is 0 Å². The summed E-state index contributed by atoms with van der Waals surface area (Å²) >= 11 is 2.75. The van der Waals surface area contributed by atoms with Gasteiger partial charge in [-0.15, -0.1) is 10.2 Å². The Hall–Kier alpha value is -2.72. The maximum Gasteiger partial charge on any atom is 0.295 e. The minimum atomic E-state index is -0.607. The van der Waals surface area contributed by atoms with Gasteiger partial charge in [-0.25, -0.2) is 4.39 Å². The van der Waals surface area contributed by atoms with Crippen LogP contribution in [0.2, 0.25) is 0 Å². The number of nitrogens with zero attached hydrogens (tertiary/aromatic N) is 3. The van der Waals surface area contributed by atoms with Crippen molar-refractivity contribution in [3.8, 4) is 0 Å². The highest BCUT2D eigenvalue weighted by Gasteiger charge is 2.15. The molecule has 2 heterocycles. The monoisotopic (exact) mass is 406 g/mol. The van der Waals surface area contributed by atoms with Crippen LogP contribution in [0, 0.1) is 5.82 Å². The van der Waals surface area contributed by atoms with Gasteiger partial charge in [0.1, 0.15) is 18.0 Å². The summed E-state index contributed by atoms with van der Waals surface area (Å²) in [5.41, 5.74) is -0.00532. The Balaban J connectivity index is 1.70. The Morgan fingerprint density at radius 3 is 2.81 bits per heavy atom. The highest BCUT2D eigenvalue weighted by atomic mass is 32.2. The number of benzene rings is 1. The highest BCUT2D eigenvalue weighted by molar-refractivity contribution is 8.01. The van der Waals surface area contributed by atoms with Gasteiger partial charge in [0.2, 0.25) is 5.13 Å². The molecule has 0 aliphatic heterocycles. The van der Waals surface area contributed by atoms with Gasteiger partial charge in [0.05, 0.1) is 0 Å². The van der Waals surface area contributed by atoms with Crippen LogP contribution in [0.1, 0.15) is 22.8 Å². The smallest absolute Gasteiger partial charge is 0.295 e. The van der Waals surface area contributed by atoms with Crippen molar-refractivity contribution in [2.45, 2.75) is 17.9 Å². The summed E-state index contributed by atoms with van der Waals surface area (Å²) in [6, 6.07) is 8.64. The van der Waals surface area contributed by atoms with E-state index in [0.29, 0.717) is 10.7 Å². The Bertz CT molecular complexity index is 988. The topological polar surface area (TPSA) is 86.1 Å². The number of hydrogen-bond acceptors (Lipinski definition) is 7. The molecule has 3 aromatic rings. The highest BCUT2D eigenvalue weighted by Crippen LogP contribution is 2.25. The summed E-state index contributed by atoms with van der Waals surface area (Å²) < 4.78 is 14.6. The SMILES string of the molecule is CCSc1nnc(NC(=O)c2cccn(OCc3ccc(F)cc3)c2=O)s1. The van der Waals surface area contributed by atoms with Crippen molar-refractivity contribution in [3.63, 3.8) is 0 Å². The lowest BCUT2D eigenvalue weighted by Gasteiger charge is -2.09. The van der Waals surface area contributed by atoms with E-state index in [1.807, 2.05) is 6.92 Å². The molecular formula is C17H15FN4O3S2. The molecule has 1 N–H and O–H groups in total. The number of carbonyl (C=O) groups excluding carboxylic acids is 1. The van der Waals surface area contributed by atoms with Crippen molar-refractivity contribution >= 4 is 34.1 Å². The van der Waals surface area contributed by atoms with Gasteiger partial charge in [-0.05, 0) is 35.6 Å². The molecule has 3 rings (SSSR count). The fourth-order valence-electron chi connectivity index (χ4n) is 2.08. The van der Waals surface area contributed by atoms with Gasteiger partial charge >= 0.3 is 0 Å². The van der Waals surface area contributed by atoms with Crippen LogP contribution in [0.5, 0.6) is 0 Å². The average Bonchev–Trinajstić information content (AvgIpc) is 3.09. The first-order chi connectivity index (χ1) is 13.1. The van der Waals surface area contributed by atoms with Gasteiger partial charge in [-0.3, -0.25) is 14.9 Å². The number of nitrogens with one attached hydrogen (secondary N) is 1. The third-order valence-corrected chi connectivity index (χ3v) is 5.19. The number of aromatic nitrogens is 3. The summed E-state index contributed by atoms with van der Waals surface area (Å²) in [5, 5.41) is 10.7. The van der Waals surface area contributed by atoms with E-state index in [0.717, 1.165) is 14.8 Å². The Kier molecular flexibility index (Phi) is 6.20. The number of carbonyl (C=O) groups is 1. The maximum absolute atomic E-state index is 12.9. The third kappa shape index (κ3) is 4.92. The summed E-state index contributed by atoms with van der Waals surface area (Å²) in [7, 11) is 0. The molecule has 0 bridgehead atoms. The minimum Gasteiger partial charge on any atom is -0.406 e. The molecule has 7 nitrogen and oxygen atoms in total. The molecule has 27 heavy (non-hydrogen) atoms. The van der Waals surface area contributed by atoms with E-state index in [4.69, 9.17) is 4.84 Å². The number of thioether (sulfide) groups is 1. The molecule has 0 fully saturated rings. The molecular weight excluding hydrogens is 391 g/mol. The van der Waals surface area contributed by atoms with Gasteiger partial charge in [-0.2, -0.15) is 4.73 Å². The molecule has 1 amide bonds. The zero-order chi connectivity index (χ0) is 19.2. The van der Waals surface area contributed by atoms with Crippen LogP contribution in [0.25, 0.3) is 0 Å². The molecule has 1 aromatic carbocycles. The van der Waals surface area contributed by atoms with E-state index in [1.165, 1.54) is 53.6 Å². The summed E-state index contributed by atoms with van der Waals surface area (Å²) in [5.74, 6) is -0.104. The van der Waals surface area contributed by atoms with Crippen molar-refractivity contribution < 1.29 is 14.0 Å². The van der Waals surface area contributed by atoms with Crippen molar-refractivity contribution in [2.75, 3.05) is 11.1 Å². The quantitative estimate of drug-likeness (QED) is 0.480. The second-order valence-corrected chi connectivity index (χ2v) is 7.70. The summed E-state index contributed by atoms with van der Waals surface area (Å²) in [6.45, 7) is 2.04. The molecule has 10 heteroatoms. The van der Waals surface area contributed by atoms with Gasteiger partial charge in [-0.1, -0.05) is 42.2 Å². The maximum atomic E-state index is 12.9. The molecule has 140 valence electrons. The van der Waals surface area contributed by atoms with Crippen LogP contribution in [0.3, 0.4) is 0 Å². The Morgan fingerprint density at radius 1 is 1.30 bits per heavy atom. The number of pyridine rings is 1. The zero-order valence-electron chi connectivity index (χ0n) is 14.2. The predicted octanol–water partition coefficient (Wildman–Crippen LogP) is 2.83. The van der Waals surface area contributed by atoms with Crippen molar-refractivity contribution in [1.29, 1.82) is 0 Å². The van der Waals surface area contributed by atoms with Crippen LogP contribution < -0.4 is 15.7 Å². The first kappa shape index (κ1) is 19.1. The van der Waals surface area contributed by atoms with Gasteiger partial charge in [0.15, 0.2) is 4.34 Å². The van der Waals surface area contributed by atoms with Gasteiger partial charge in [0, 0.05) is 6.20 Å². The van der Waals surface area contributed by atoms with Crippen LogP contribution in [-0.4, -0.2) is 26.6 Å². The van der Waals surface area contributed by atoms with Crippen LogP contribution >= 0.6 is 23.1 Å². The third-order valence-electron chi connectivity index (χ3n) is 3.34. The van der Waals surface area contributed by atoms with Crippen molar-refractivity contribution in [1.82, 2.24) is 14.9 Å². The van der Waals surface area contributed by atoms with Crippen LogP contribution in [0.15, 0.2) is 51.7 Å². The largest absolute Gasteiger partial charge is 0.406 e. The lowest BCUT2D eigenvalue weighted by atomic mass is 10.2. The molecule has 0 saturated heterocycles. The number of anilines is 1. The van der Waals surface area contributed by atoms with E-state index < -0.39 is 11.5 Å². The molecule has 0 atom stereocenters. The molecule has 0 radical (unpaired) electrons. The second kappa shape index (κ2) is 8.78. The second-order valence-electron chi connectivity index (χ2n) is 5.21. The van der Waals surface area contributed by atoms with E-state index in [9.17, 15) is 14.0 Å². The fraction of sp³-hybridized carbons (Fsp3) is 0.176. The lowest BCUT2D eigenvalue weighted by Crippen LogP contribution is -2.32. The normalized spacial score (nSPS) is 10.6. The average molecular weight is 406 g/mol. The lowest BCUT2D eigenvalue weighted by molar-refractivity contribution is 0.0863. The molecule has 0 aliphatic carbocycles. The van der Waals surface area contributed by atoms with Crippen LogP contribution in [-0.2, 0) is 6.61 Å². The zero-order valence-corrected chi connectivity index (χ0v) is 15.8. The Morgan fingerprint density at radius 2 is 2.07 bits per heavy atom. The molecule has 0 aliphatic rings. The number of hydrogen-bond donors (Lipinski definition) is 1. The van der Waals surface area contributed by atoms with Crippen molar-refractivity contribution in [3.05, 3.63) is 69.9 Å². The number of halogens is 1. The first-order valence-electron chi connectivity index (χ1n) is 7.94. The predicted molar refractivity (Wildman–Crippen MR) is 102 cm³/mol. The van der Waals surface area contributed by atoms with E-state index in [-0.39, 0.29) is 18.0 Å². The summed E-state index contributed by atoms with van der Waals surface area (Å²) in [6.07, 6.45) is 1.41. The van der Waals surface area contributed by atoms with Gasteiger partial charge < -0.3 is 4.84 Å². The van der Waals surface area contributed by atoms with E-state index in [2.05, 4.69) is 15.5 Å². The summed E-state index contributed by atoms with van der Waals surface area (Å²) in [4.78, 5) is 30.3. The van der Waals surface area contributed by atoms with Crippen molar-refractivity contribution in [2.24, 2.45) is 0 Å². The number of amides is 1. The molecule has 0 saturated carbocycles. The molecule has 2 aromatic heterocycles. The number of rotatable bonds is 7. The van der Waals surface area contributed by atoms with Gasteiger partial charge in [0.25, 0.3) is 11.5 Å². The minimum absolute atomic E-state index is 0.0548. The molecule has 0 spiro atoms. The first-order valence-corrected chi connectivity index (χ1v) is 9.74. The van der Waals surface area contributed by atoms with Crippen LogP contribution in [0.4, 0.5) is 9.52 Å². The van der Waals surface area contributed by atoms with E-state index in [1.54, 1.807) is 12.1 Å². The molecule has 0 unspecified atom stereocenters.